The molecule has 0 fully saturated rings. The summed E-state index contributed by atoms with van der Waals surface area (Å²) >= 11 is 0. The molecule has 0 aliphatic carbocycles. The second kappa shape index (κ2) is 3.89. The number of aryl methyl sites for hydroxylation is 1. The minimum Gasteiger partial charge on any atom is -0.475 e. The second-order valence-electron chi connectivity index (χ2n) is 3.47. The van der Waals surface area contributed by atoms with Gasteiger partial charge < -0.3 is 9.84 Å². The van der Waals surface area contributed by atoms with Crippen molar-refractivity contribution in [2.45, 2.75) is 6.92 Å². The summed E-state index contributed by atoms with van der Waals surface area (Å²) < 4.78 is 5.98. The molecule has 0 unspecified atom stereocenters. The smallest absolute Gasteiger partial charge is 0.372 e. The number of esters is 1. The van der Waals surface area contributed by atoms with E-state index < -0.39 is 11.9 Å². The van der Waals surface area contributed by atoms with Crippen LogP contribution in [0.1, 0.15) is 26.8 Å². The van der Waals surface area contributed by atoms with Gasteiger partial charge in [0, 0.05) is 5.69 Å². The number of rotatable bonds is 2. The molecule has 88 valence electrons. The van der Waals surface area contributed by atoms with Crippen molar-refractivity contribution in [1.29, 1.82) is 0 Å². The molecule has 2 rings (SSSR count). The van der Waals surface area contributed by atoms with E-state index in [-0.39, 0.29) is 11.5 Å². The highest BCUT2D eigenvalue weighted by molar-refractivity contribution is 5.98. The number of carbonyl (C=O) groups is 2. The maximum Gasteiger partial charge on any atom is 0.372 e. The van der Waals surface area contributed by atoms with Crippen LogP contribution in [0.3, 0.4) is 0 Å². The Morgan fingerprint density at radius 1 is 1.41 bits per heavy atom. The molecule has 2 aromatic heterocycles. The van der Waals surface area contributed by atoms with E-state index in [0.717, 1.165) is 0 Å². The van der Waals surface area contributed by atoms with E-state index in [2.05, 4.69) is 9.72 Å². The third kappa shape index (κ3) is 1.63. The summed E-state index contributed by atoms with van der Waals surface area (Å²) in [5, 5.41) is 9.04. The zero-order valence-corrected chi connectivity index (χ0v) is 9.30. The molecule has 2 aromatic rings. The Bertz CT molecular complexity index is 615. The molecule has 0 aliphatic rings. The average molecular weight is 234 g/mol. The lowest BCUT2D eigenvalue weighted by molar-refractivity contribution is 0.0597. The fourth-order valence-electron chi connectivity index (χ4n) is 1.69. The highest BCUT2D eigenvalue weighted by Gasteiger charge is 2.22. The van der Waals surface area contributed by atoms with Gasteiger partial charge in [0.25, 0.3) is 0 Å². The number of ether oxygens (including phenoxy) is 1. The number of carbonyl (C=O) groups excluding carboxylic acids is 1. The van der Waals surface area contributed by atoms with Crippen molar-refractivity contribution in [3.63, 3.8) is 0 Å². The monoisotopic (exact) mass is 234 g/mol. The number of fused-ring (bicyclic) bond motifs is 1. The van der Waals surface area contributed by atoms with Crippen molar-refractivity contribution in [1.82, 2.24) is 9.38 Å². The van der Waals surface area contributed by atoms with Crippen molar-refractivity contribution in [2.75, 3.05) is 7.11 Å². The van der Waals surface area contributed by atoms with Gasteiger partial charge in [-0.15, -0.1) is 0 Å². The Morgan fingerprint density at radius 2 is 2.12 bits per heavy atom. The Balaban J connectivity index is 2.85. The third-order valence-electron chi connectivity index (χ3n) is 2.43. The van der Waals surface area contributed by atoms with Crippen LogP contribution in [0.25, 0.3) is 5.52 Å². The molecule has 0 spiro atoms. The highest BCUT2D eigenvalue weighted by Crippen LogP contribution is 2.16. The Hall–Kier alpha value is -2.37. The number of imidazole rings is 1. The topological polar surface area (TPSA) is 80.9 Å². The van der Waals surface area contributed by atoms with Crippen LogP contribution < -0.4 is 0 Å². The van der Waals surface area contributed by atoms with Crippen molar-refractivity contribution >= 4 is 17.5 Å². The number of pyridine rings is 1. The number of carboxylic acid groups (broad SMARTS) is 1. The zero-order chi connectivity index (χ0) is 12.6. The summed E-state index contributed by atoms with van der Waals surface area (Å²) in [5.74, 6) is -2.04. The first-order valence-electron chi connectivity index (χ1n) is 4.86. The first-order chi connectivity index (χ1) is 8.06. The number of aromatic carboxylic acids is 1. The van der Waals surface area contributed by atoms with Crippen LogP contribution >= 0.6 is 0 Å². The molecule has 0 bridgehead atoms. The fraction of sp³-hybridized carbons (Fsp3) is 0.182. The predicted octanol–water partition coefficient (Wildman–Crippen LogP) is 1.13. The number of aromatic nitrogens is 2. The SMILES string of the molecule is COC(=O)c1nc(C(=O)O)n2c(C)cccc12. The largest absolute Gasteiger partial charge is 0.475 e. The number of hydrogen-bond donors (Lipinski definition) is 1. The van der Waals surface area contributed by atoms with Gasteiger partial charge in [-0.05, 0) is 19.1 Å². The van der Waals surface area contributed by atoms with Crippen molar-refractivity contribution in [3.05, 3.63) is 35.4 Å². The second-order valence-corrected chi connectivity index (χ2v) is 3.47. The van der Waals surface area contributed by atoms with E-state index >= 15 is 0 Å². The van der Waals surface area contributed by atoms with Crippen molar-refractivity contribution < 1.29 is 19.4 Å². The Kier molecular flexibility index (Phi) is 2.55. The molecule has 1 N–H and O–H groups in total. The van der Waals surface area contributed by atoms with Crippen LogP contribution in [0.4, 0.5) is 0 Å². The van der Waals surface area contributed by atoms with E-state index in [1.165, 1.54) is 11.5 Å². The lowest BCUT2D eigenvalue weighted by atomic mass is 10.3. The summed E-state index contributed by atoms with van der Waals surface area (Å²) in [6, 6.07) is 5.09. The normalized spacial score (nSPS) is 10.5. The lowest BCUT2D eigenvalue weighted by Crippen LogP contribution is -2.05. The van der Waals surface area contributed by atoms with Crippen molar-refractivity contribution in [3.8, 4) is 0 Å². The number of nitrogens with zero attached hydrogens (tertiary/aromatic N) is 2. The standard InChI is InChI=1S/C11H10N2O4/c1-6-4-3-5-7-8(11(16)17-2)12-9(10(14)15)13(6)7/h3-5H,1-2H3,(H,14,15). The van der Waals surface area contributed by atoms with Gasteiger partial charge in [-0.3, -0.25) is 4.40 Å². The molecule has 0 aliphatic heterocycles. The average Bonchev–Trinajstić information content (AvgIpc) is 2.69. The minimum absolute atomic E-state index is 0.00796. The predicted molar refractivity (Wildman–Crippen MR) is 58.2 cm³/mol. The molecule has 0 saturated carbocycles. The van der Waals surface area contributed by atoms with Crippen LogP contribution in [0, 0.1) is 6.92 Å². The van der Waals surface area contributed by atoms with Gasteiger partial charge in [-0.1, -0.05) is 6.07 Å². The number of methoxy groups -OCH3 is 1. The summed E-state index contributed by atoms with van der Waals surface area (Å²) in [4.78, 5) is 26.3. The van der Waals surface area contributed by atoms with Gasteiger partial charge in [0.1, 0.15) is 0 Å². The van der Waals surface area contributed by atoms with Gasteiger partial charge in [0.2, 0.25) is 5.82 Å². The van der Waals surface area contributed by atoms with Gasteiger partial charge in [-0.2, -0.15) is 0 Å². The molecule has 0 aromatic carbocycles. The maximum atomic E-state index is 11.5. The quantitative estimate of drug-likeness (QED) is 0.787. The first-order valence-corrected chi connectivity index (χ1v) is 4.86. The molecule has 6 heteroatoms. The summed E-state index contributed by atoms with van der Waals surface area (Å²) in [6.45, 7) is 1.74. The molecule has 0 amide bonds. The van der Waals surface area contributed by atoms with Crippen LogP contribution in [-0.2, 0) is 4.74 Å². The molecule has 0 atom stereocenters. The third-order valence-corrected chi connectivity index (χ3v) is 2.43. The first kappa shape index (κ1) is 11.1. The number of carboxylic acids is 1. The summed E-state index contributed by atoms with van der Waals surface area (Å²) in [5.41, 5.74) is 1.12. The zero-order valence-electron chi connectivity index (χ0n) is 9.30. The Labute approximate surface area is 96.5 Å². The van der Waals surface area contributed by atoms with Gasteiger partial charge in [0.05, 0.1) is 12.6 Å². The molecule has 17 heavy (non-hydrogen) atoms. The molecule has 0 radical (unpaired) electrons. The highest BCUT2D eigenvalue weighted by atomic mass is 16.5. The molecular weight excluding hydrogens is 224 g/mol. The summed E-state index contributed by atoms with van der Waals surface area (Å²) in [6.07, 6.45) is 0. The van der Waals surface area contributed by atoms with E-state index in [9.17, 15) is 9.59 Å². The summed E-state index contributed by atoms with van der Waals surface area (Å²) in [7, 11) is 1.23. The molecular formula is C11H10N2O4. The van der Waals surface area contributed by atoms with Gasteiger partial charge in [-0.25, -0.2) is 14.6 Å². The van der Waals surface area contributed by atoms with E-state index in [1.807, 2.05) is 0 Å². The van der Waals surface area contributed by atoms with Gasteiger partial charge in [0.15, 0.2) is 5.69 Å². The van der Waals surface area contributed by atoms with Crippen LogP contribution in [-0.4, -0.2) is 33.5 Å². The van der Waals surface area contributed by atoms with E-state index in [0.29, 0.717) is 11.2 Å². The van der Waals surface area contributed by atoms with Crippen LogP contribution in [0.15, 0.2) is 18.2 Å². The molecule has 0 saturated heterocycles. The maximum absolute atomic E-state index is 11.5. The van der Waals surface area contributed by atoms with Crippen molar-refractivity contribution in [2.24, 2.45) is 0 Å². The van der Waals surface area contributed by atoms with E-state index in [4.69, 9.17) is 5.11 Å². The van der Waals surface area contributed by atoms with Gasteiger partial charge >= 0.3 is 11.9 Å². The number of hydrogen-bond acceptors (Lipinski definition) is 4. The van der Waals surface area contributed by atoms with E-state index in [1.54, 1.807) is 25.1 Å². The minimum atomic E-state index is -1.19. The molecule has 6 nitrogen and oxygen atoms in total. The fourth-order valence-corrected chi connectivity index (χ4v) is 1.69. The van der Waals surface area contributed by atoms with Crippen LogP contribution in [0.2, 0.25) is 0 Å². The van der Waals surface area contributed by atoms with Crippen LogP contribution in [0.5, 0.6) is 0 Å². The molecule has 2 heterocycles. The Morgan fingerprint density at radius 3 is 2.71 bits per heavy atom. The lowest BCUT2D eigenvalue weighted by Gasteiger charge is -2.01.